The second-order valence-electron chi connectivity index (χ2n) is 4.97. The lowest BCUT2D eigenvalue weighted by molar-refractivity contribution is 0.200. The smallest absolute Gasteiger partial charge is 0.318 e. The molecule has 4 heteroatoms. The van der Waals surface area contributed by atoms with Crippen LogP contribution in [0.4, 0.5) is 4.79 Å². The van der Waals surface area contributed by atoms with Crippen LogP contribution in [-0.4, -0.2) is 23.2 Å². The Kier molecular flexibility index (Phi) is 4.46. The van der Waals surface area contributed by atoms with Crippen LogP contribution in [0.2, 0.25) is 0 Å². The summed E-state index contributed by atoms with van der Waals surface area (Å²) in [6.45, 7) is 1.37. The van der Waals surface area contributed by atoms with Crippen molar-refractivity contribution in [3.63, 3.8) is 0 Å². The molecule has 21 heavy (non-hydrogen) atoms. The van der Waals surface area contributed by atoms with Crippen LogP contribution in [-0.2, 0) is 6.54 Å². The molecule has 0 aromatic heterocycles. The molecule has 2 amide bonds. The number of carbonyl (C=O) groups is 1. The monoisotopic (exact) mass is 298 g/mol. The highest BCUT2D eigenvalue weighted by Crippen LogP contribution is 2.37. The molecule has 0 radical (unpaired) electrons. The number of thioether (sulfide) groups is 1. The maximum absolute atomic E-state index is 12.4. The van der Waals surface area contributed by atoms with Crippen LogP contribution < -0.4 is 5.32 Å². The van der Waals surface area contributed by atoms with Gasteiger partial charge in [-0.15, -0.1) is 11.8 Å². The van der Waals surface area contributed by atoms with Crippen molar-refractivity contribution in [2.75, 3.05) is 12.3 Å². The molecule has 1 N–H and O–H groups in total. The molecule has 0 saturated carbocycles. The van der Waals surface area contributed by atoms with E-state index in [1.165, 1.54) is 5.56 Å². The topological polar surface area (TPSA) is 32.3 Å². The highest BCUT2D eigenvalue weighted by Gasteiger charge is 2.30. The van der Waals surface area contributed by atoms with Crippen LogP contribution in [0.15, 0.2) is 60.7 Å². The van der Waals surface area contributed by atoms with Gasteiger partial charge in [-0.25, -0.2) is 4.79 Å². The summed E-state index contributed by atoms with van der Waals surface area (Å²) >= 11 is 1.82. The lowest BCUT2D eigenvalue weighted by Crippen LogP contribution is -2.39. The molecule has 0 bridgehead atoms. The molecule has 0 spiro atoms. The number of hydrogen-bond donors (Lipinski definition) is 1. The third kappa shape index (κ3) is 3.39. The van der Waals surface area contributed by atoms with E-state index in [0.717, 1.165) is 17.9 Å². The van der Waals surface area contributed by atoms with E-state index in [9.17, 15) is 4.79 Å². The largest absolute Gasteiger partial charge is 0.334 e. The Balaban J connectivity index is 1.64. The minimum Gasteiger partial charge on any atom is -0.334 e. The number of benzene rings is 2. The quantitative estimate of drug-likeness (QED) is 0.938. The van der Waals surface area contributed by atoms with Gasteiger partial charge < -0.3 is 10.2 Å². The number of amides is 2. The Labute approximate surface area is 129 Å². The zero-order valence-corrected chi connectivity index (χ0v) is 12.6. The normalized spacial score (nSPS) is 17.7. The number of carbonyl (C=O) groups excluding carboxylic acids is 1. The maximum Gasteiger partial charge on any atom is 0.318 e. The molecule has 108 valence electrons. The standard InChI is InChI=1S/C17H18N2OS/c20-17(18-13-14-7-3-1-4-8-14)19-11-12-21-16(19)15-9-5-2-6-10-15/h1-10,16H,11-13H2,(H,18,20). The second kappa shape index (κ2) is 6.68. The van der Waals surface area contributed by atoms with Gasteiger partial charge in [-0.1, -0.05) is 60.7 Å². The lowest BCUT2D eigenvalue weighted by atomic mass is 10.2. The number of nitrogens with zero attached hydrogens (tertiary/aromatic N) is 1. The first-order valence-corrected chi connectivity index (χ1v) is 8.14. The summed E-state index contributed by atoms with van der Waals surface area (Å²) in [5.41, 5.74) is 2.31. The third-order valence-electron chi connectivity index (χ3n) is 3.52. The van der Waals surface area contributed by atoms with Crippen LogP contribution in [0.3, 0.4) is 0 Å². The fourth-order valence-electron chi connectivity index (χ4n) is 2.45. The molecule has 2 aromatic rings. The van der Waals surface area contributed by atoms with Crippen molar-refractivity contribution in [3.8, 4) is 0 Å². The summed E-state index contributed by atoms with van der Waals surface area (Å²) < 4.78 is 0. The molecule has 1 aliphatic rings. The van der Waals surface area contributed by atoms with Gasteiger partial charge in [-0.3, -0.25) is 0 Å². The second-order valence-corrected chi connectivity index (χ2v) is 6.16. The van der Waals surface area contributed by atoms with Gasteiger partial charge in [0.2, 0.25) is 0 Å². The van der Waals surface area contributed by atoms with Gasteiger partial charge in [0.05, 0.1) is 0 Å². The number of urea groups is 1. The third-order valence-corrected chi connectivity index (χ3v) is 4.78. The fraction of sp³-hybridized carbons (Fsp3) is 0.235. The van der Waals surface area contributed by atoms with E-state index in [1.54, 1.807) is 0 Å². The first-order valence-electron chi connectivity index (χ1n) is 7.09. The summed E-state index contributed by atoms with van der Waals surface area (Å²) in [7, 11) is 0. The van der Waals surface area contributed by atoms with E-state index in [1.807, 2.05) is 65.2 Å². The molecule has 1 fully saturated rings. The summed E-state index contributed by atoms with van der Waals surface area (Å²) in [5.74, 6) is 0.984. The van der Waals surface area contributed by atoms with E-state index in [-0.39, 0.29) is 11.4 Å². The first kappa shape index (κ1) is 14.0. The van der Waals surface area contributed by atoms with Crippen molar-refractivity contribution < 1.29 is 4.79 Å². The summed E-state index contributed by atoms with van der Waals surface area (Å²) in [5, 5.41) is 3.14. The lowest BCUT2D eigenvalue weighted by Gasteiger charge is -2.24. The van der Waals surface area contributed by atoms with E-state index in [0.29, 0.717) is 6.54 Å². The highest BCUT2D eigenvalue weighted by molar-refractivity contribution is 7.99. The Hall–Kier alpha value is -1.94. The zero-order valence-electron chi connectivity index (χ0n) is 11.7. The van der Waals surface area contributed by atoms with Crippen LogP contribution in [0, 0.1) is 0 Å². The van der Waals surface area contributed by atoms with Gasteiger partial charge in [0.25, 0.3) is 0 Å². The van der Waals surface area contributed by atoms with Crippen LogP contribution >= 0.6 is 11.8 Å². The molecular weight excluding hydrogens is 280 g/mol. The Morgan fingerprint density at radius 1 is 1.10 bits per heavy atom. The van der Waals surface area contributed by atoms with Crippen LogP contribution in [0.5, 0.6) is 0 Å². The predicted octanol–water partition coefficient (Wildman–Crippen LogP) is 3.64. The van der Waals surface area contributed by atoms with Crippen molar-refractivity contribution in [3.05, 3.63) is 71.8 Å². The average Bonchev–Trinajstić information content (AvgIpc) is 3.04. The minimum atomic E-state index is 0.0118. The molecule has 3 rings (SSSR count). The predicted molar refractivity (Wildman–Crippen MR) is 87.0 cm³/mol. The van der Waals surface area contributed by atoms with Crippen molar-refractivity contribution in [2.24, 2.45) is 0 Å². The fourth-order valence-corrected chi connectivity index (χ4v) is 3.70. The number of rotatable bonds is 3. The Morgan fingerprint density at radius 2 is 1.76 bits per heavy atom. The van der Waals surface area contributed by atoms with E-state index < -0.39 is 0 Å². The van der Waals surface area contributed by atoms with E-state index in [2.05, 4.69) is 17.4 Å². The van der Waals surface area contributed by atoms with Gasteiger partial charge in [-0.05, 0) is 11.1 Å². The number of hydrogen-bond acceptors (Lipinski definition) is 2. The molecule has 1 saturated heterocycles. The van der Waals surface area contributed by atoms with Crippen molar-refractivity contribution >= 4 is 17.8 Å². The van der Waals surface area contributed by atoms with Gasteiger partial charge in [0.1, 0.15) is 5.37 Å². The van der Waals surface area contributed by atoms with Crippen LogP contribution in [0.25, 0.3) is 0 Å². The van der Waals surface area contributed by atoms with Crippen molar-refractivity contribution in [1.82, 2.24) is 10.2 Å². The van der Waals surface area contributed by atoms with Gasteiger partial charge >= 0.3 is 6.03 Å². The molecule has 1 heterocycles. The van der Waals surface area contributed by atoms with Crippen molar-refractivity contribution in [1.29, 1.82) is 0 Å². The molecule has 0 aliphatic carbocycles. The first-order chi connectivity index (χ1) is 10.3. The average molecular weight is 298 g/mol. The number of nitrogens with one attached hydrogen (secondary N) is 1. The Bertz CT molecular complexity index is 588. The Morgan fingerprint density at radius 3 is 2.48 bits per heavy atom. The van der Waals surface area contributed by atoms with E-state index >= 15 is 0 Å². The summed E-state index contributed by atoms with van der Waals surface area (Å²) in [6.07, 6.45) is 0. The molecule has 1 unspecified atom stereocenters. The molecular formula is C17H18N2OS. The zero-order chi connectivity index (χ0) is 14.5. The van der Waals surface area contributed by atoms with Gasteiger partial charge in [-0.2, -0.15) is 0 Å². The summed E-state index contributed by atoms with van der Waals surface area (Å²) in [6, 6.07) is 20.2. The van der Waals surface area contributed by atoms with Crippen molar-refractivity contribution in [2.45, 2.75) is 11.9 Å². The molecule has 2 aromatic carbocycles. The highest BCUT2D eigenvalue weighted by atomic mass is 32.2. The maximum atomic E-state index is 12.4. The minimum absolute atomic E-state index is 0.0118. The molecule has 1 atom stereocenters. The summed E-state index contributed by atoms with van der Waals surface area (Å²) in [4.78, 5) is 14.3. The van der Waals surface area contributed by atoms with E-state index in [4.69, 9.17) is 0 Å². The molecule has 3 nitrogen and oxygen atoms in total. The molecule has 1 aliphatic heterocycles. The van der Waals surface area contributed by atoms with Gasteiger partial charge in [0.15, 0.2) is 0 Å². The van der Waals surface area contributed by atoms with Crippen LogP contribution in [0.1, 0.15) is 16.5 Å². The van der Waals surface area contributed by atoms with Gasteiger partial charge in [0, 0.05) is 18.8 Å². The SMILES string of the molecule is O=C(NCc1ccccc1)N1CCSC1c1ccccc1.